The molecule has 1 atom stereocenters. The molecule has 0 heterocycles. The van der Waals surface area contributed by atoms with Crippen LogP contribution in [0.5, 0.6) is 11.5 Å². The average Bonchev–Trinajstić information content (AvgIpc) is 2.73. The number of hydrogen-bond donors (Lipinski definition) is 2. The lowest BCUT2D eigenvalue weighted by atomic mass is 10.1. The number of benzene rings is 3. The Kier molecular flexibility index (Phi) is 8.19. The van der Waals surface area contributed by atoms with Crippen LogP contribution in [0.15, 0.2) is 55.9 Å². The second-order valence-electron chi connectivity index (χ2n) is 7.20. The number of hydrogen-bond acceptors (Lipinski definition) is 4. The van der Waals surface area contributed by atoms with Crippen molar-refractivity contribution < 1.29 is 19.1 Å². The zero-order chi connectivity index (χ0) is 23.4. The lowest BCUT2D eigenvalue weighted by molar-refractivity contribution is -0.133. The Bertz CT molecular complexity index is 1160. The monoisotopic (exact) mass is 626 g/mol. The Hall–Kier alpha value is -2.10. The van der Waals surface area contributed by atoms with Crippen LogP contribution in [-0.4, -0.2) is 24.5 Å². The number of hydrazine groups is 1. The Morgan fingerprint density at radius 2 is 1.62 bits per heavy atom. The fourth-order valence-electron chi connectivity index (χ4n) is 3.08. The van der Waals surface area contributed by atoms with E-state index < -0.39 is 17.9 Å². The van der Waals surface area contributed by atoms with E-state index in [1.54, 1.807) is 13.0 Å². The molecule has 0 aliphatic carbocycles. The van der Waals surface area contributed by atoms with Crippen LogP contribution in [0.3, 0.4) is 0 Å². The summed E-state index contributed by atoms with van der Waals surface area (Å²) < 4.78 is 14.1. The molecule has 2 amide bonds. The van der Waals surface area contributed by atoms with Gasteiger partial charge in [0.05, 0.1) is 4.47 Å². The van der Waals surface area contributed by atoms with Gasteiger partial charge in [-0.1, -0.05) is 44.0 Å². The van der Waals surface area contributed by atoms with Gasteiger partial charge in [0, 0.05) is 8.95 Å². The van der Waals surface area contributed by atoms with Gasteiger partial charge < -0.3 is 9.47 Å². The number of aryl methyl sites for hydroxylation is 2. The standard InChI is InChI=1S/C23H21Br3N2O4/c1-12-8-17(25)9-13(2)22(12)32-14(3)23(30)28-27-20(29)11-31-19-7-4-15-10-16(24)5-6-18(15)21(19)26/h4-10,14H,11H2,1-3H3,(H,27,29)(H,28,30). The molecule has 1 unspecified atom stereocenters. The van der Waals surface area contributed by atoms with Crippen molar-refractivity contribution in [2.75, 3.05) is 6.61 Å². The summed E-state index contributed by atoms with van der Waals surface area (Å²) in [4.78, 5) is 24.5. The minimum Gasteiger partial charge on any atom is -0.483 e. The average molecular weight is 629 g/mol. The van der Waals surface area contributed by atoms with E-state index in [-0.39, 0.29) is 6.61 Å². The molecule has 0 aromatic heterocycles. The van der Waals surface area contributed by atoms with Crippen molar-refractivity contribution in [3.8, 4) is 11.5 Å². The predicted molar refractivity (Wildman–Crippen MR) is 135 cm³/mol. The summed E-state index contributed by atoms with van der Waals surface area (Å²) >= 11 is 10.4. The van der Waals surface area contributed by atoms with Gasteiger partial charge in [0.15, 0.2) is 12.7 Å². The summed E-state index contributed by atoms with van der Waals surface area (Å²) in [7, 11) is 0. The van der Waals surface area contributed by atoms with Crippen molar-refractivity contribution in [1.82, 2.24) is 10.9 Å². The Morgan fingerprint density at radius 3 is 2.31 bits per heavy atom. The Labute approximate surface area is 211 Å². The molecule has 0 radical (unpaired) electrons. The third-order valence-corrected chi connectivity index (χ3v) is 6.42. The predicted octanol–water partition coefficient (Wildman–Crippen LogP) is 5.74. The first-order valence-corrected chi connectivity index (χ1v) is 12.1. The van der Waals surface area contributed by atoms with E-state index in [4.69, 9.17) is 9.47 Å². The number of nitrogens with one attached hydrogen (secondary N) is 2. The fraction of sp³-hybridized carbons (Fsp3) is 0.217. The SMILES string of the molecule is Cc1cc(Br)cc(C)c1OC(C)C(=O)NNC(=O)COc1ccc2cc(Br)ccc2c1Br. The topological polar surface area (TPSA) is 76.7 Å². The molecule has 168 valence electrons. The van der Waals surface area contributed by atoms with Gasteiger partial charge in [-0.05, 0) is 88.9 Å². The fourth-order valence-corrected chi connectivity index (χ4v) is 4.75. The number of halogens is 3. The molecule has 0 spiro atoms. The molecular formula is C23H21Br3N2O4. The molecule has 32 heavy (non-hydrogen) atoms. The summed E-state index contributed by atoms with van der Waals surface area (Å²) in [6.45, 7) is 5.16. The molecule has 3 aromatic rings. The third kappa shape index (κ3) is 6.02. The van der Waals surface area contributed by atoms with E-state index >= 15 is 0 Å². The second kappa shape index (κ2) is 10.7. The van der Waals surface area contributed by atoms with Crippen LogP contribution in [0.25, 0.3) is 10.8 Å². The van der Waals surface area contributed by atoms with E-state index in [9.17, 15) is 9.59 Å². The zero-order valence-corrected chi connectivity index (χ0v) is 22.4. The van der Waals surface area contributed by atoms with Crippen molar-refractivity contribution in [3.05, 3.63) is 67.0 Å². The highest BCUT2D eigenvalue weighted by Crippen LogP contribution is 2.34. The number of carbonyl (C=O) groups excluding carboxylic acids is 2. The summed E-state index contributed by atoms with van der Waals surface area (Å²) in [5.74, 6) is 0.194. The van der Waals surface area contributed by atoms with Crippen LogP contribution < -0.4 is 20.3 Å². The van der Waals surface area contributed by atoms with Gasteiger partial charge in [-0.15, -0.1) is 0 Å². The maximum absolute atomic E-state index is 12.3. The summed E-state index contributed by atoms with van der Waals surface area (Å²) in [5.41, 5.74) is 6.53. The smallest absolute Gasteiger partial charge is 0.279 e. The molecule has 2 N–H and O–H groups in total. The van der Waals surface area contributed by atoms with Gasteiger partial charge in [0.1, 0.15) is 11.5 Å². The molecule has 0 fully saturated rings. The quantitative estimate of drug-likeness (QED) is 0.342. The number of carbonyl (C=O) groups is 2. The third-order valence-electron chi connectivity index (χ3n) is 4.65. The van der Waals surface area contributed by atoms with Crippen molar-refractivity contribution in [1.29, 1.82) is 0 Å². The van der Waals surface area contributed by atoms with E-state index in [2.05, 4.69) is 58.6 Å². The van der Waals surface area contributed by atoms with Crippen LogP contribution in [0.1, 0.15) is 18.1 Å². The Balaban J connectivity index is 1.52. The van der Waals surface area contributed by atoms with Crippen molar-refractivity contribution >= 4 is 70.4 Å². The molecule has 9 heteroatoms. The first-order chi connectivity index (χ1) is 15.2. The van der Waals surface area contributed by atoms with Crippen LogP contribution in [0, 0.1) is 13.8 Å². The molecule has 0 aliphatic rings. The van der Waals surface area contributed by atoms with Gasteiger partial charge in [-0.2, -0.15) is 0 Å². The van der Waals surface area contributed by atoms with Crippen molar-refractivity contribution in [2.24, 2.45) is 0 Å². The van der Waals surface area contributed by atoms with E-state index in [1.807, 2.05) is 50.2 Å². The van der Waals surface area contributed by atoms with Crippen molar-refractivity contribution in [2.45, 2.75) is 26.9 Å². The van der Waals surface area contributed by atoms with Gasteiger partial charge in [-0.25, -0.2) is 0 Å². The molecule has 0 saturated heterocycles. The minimum atomic E-state index is -0.802. The van der Waals surface area contributed by atoms with Gasteiger partial charge in [0.25, 0.3) is 11.8 Å². The lowest BCUT2D eigenvalue weighted by Gasteiger charge is -2.18. The van der Waals surface area contributed by atoms with Gasteiger partial charge in [-0.3, -0.25) is 20.4 Å². The van der Waals surface area contributed by atoms with Crippen LogP contribution >= 0.6 is 47.8 Å². The van der Waals surface area contributed by atoms with Crippen LogP contribution in [-0.2, 0) is 9.59 Å². The lowest BCUT2D eigenvalue weighted by Crippen LogP contribution is -2.48. The number of amides is 2. The van der Waals surface area contributed by atoms with Crippen LogP contribution in [0.4, 0.5) is 0 Å². The largest absolute Gasteiger partial charge is 0.483 e. The summed E-state index contributed by atoms with van der Waals surface area (Å²) in [5, 5.41) is 1.99. The first-order valence-electron chi connectivity index (χ1n) is 9.68. The summed E-state index contributed by atoms with van der Waals surface area (Å²) in [6, 6.07) is 13.4. The molecule has 6 nitrogen and oxygen atoms in total. The van der Waals surface area contributed by atoms with Gasteiger partial charge >= 0.3 is 0 Å². The molecule has 0 bridgehead atoms. The Morgan fingerprint density at radius 1 is 0.938 bits per heavy atom. The molecule has 0 aliphatic heterocycles. The number of ether oxygens (including phenoxy) is 2. The van der Waals surface area contributed by atoms with Gasteiger partial charge in [0.2, 0.25) is 0 Å². The van der Waals surface area contributed by atoms with E-state index in [1.165, 1.54) is 0 Å². The van der Waals surface area contributed by atoms with Crippen molar-refractivity contribution in [3.63, 3.8) is 0 Å². The number of fused-ring (bicyclic) bond motifs is 1. The highest BCUT2D eigenvalue weighted by atomic mass is 79.9. The normalized spacial score (nSPS) is 11.7. The first kappa shape index (κ1) is 24.5. The minimum absolute atomic E-state index is 0.263. The molecule has 3 rings (SSSR count). The molecular weight excluding hydrogens is 608 g/mol. The number of rotatable bonds is 6. The summed E-state index contributed by atoms with van der Waals surface area (Å²) in [6.07, 6.45) is -0.802. The maximum Gasteiger partial charge on any atom is 0.279 e. The maximum atomic E-state index is 12.3. The highest BCUT2D eigenvalue weighted by molar-refractivity contribution is 9.11. The molecule has 0 saturated carbocycles. The highest BCUT2D eigenvalue weighted by Gasteiger charge is 2.18. The molecule has 3 aromatic carbocycles. The second-order valence-corrected chi connectivity index (χ2v) is 9.82. The van der Waals surface area contributed by atoms with Crippen LogP contribution in [0.2, 0.25) is 0 Å². The van der Waals surface area contributed by atoms with E-state index in [0.717, 1.165) is 35.3 Å². The zero-order valence-electron chi connectivity index (χ0n) is 17.6. The van der Waals surface area contributed by atoms with E-state index in [0.29, 0.717) is 11.5 Å².